The highest BCUT2D eigenvalue weighted by atomic mass is 15.3. The van der Waals surface area contributed by atoms with Gasteiger partial charge in [0, 0.05) is 19.2 Å². The van der Waals surface area contributed by atoms with E-state index >= 15 is 0 Å². The summed E-state index contributed by atoms with van der Waals surface area (Å²) < 4.78 is 2.07. The molecule has 0 saturated heterocycles. The Morgan fingerprint density at radius 1 is 1.38 bits per heavy atom. The summed E-state index contributed by atoms with van der Waals surface area (Å²) in [5.74, 6) is 1.90. The van der Waals surface area contributed by atoms with E-state index in [-0.39, 0.29) is 0 Å². The number of aromatic nitrogens is 2. The monoisotopic (exact) mass is 223 g/mol. The van der Waals surface area contributed by atoms with Crippen molar-refractivity contribution in [3.05, 3.63) is 12.3 Å². The average molecular weight is 223 g/mol. The molecule has 1 aromatic heterocycles. The molecule has 3 nitrogen and oxygen atoms in total. The molecule has 1 atom stereocenters. The first-order valence-electron chi connectivity index (χ1n) is 6.53. The molecule has 1 rings (SSSR count). The van der Waals surface area contributed by atoms with Crippen LogP contribution in [-0.2, 0) is 6.54 Å². The summed E-state index contributed by atoms with van der Waals surface area (Å²) in [5, 5.41) is 7.82. The number of rotatable bonds is 8. The first kappa shape index (κ1) is 13.1. The lowest BCUT2D eigenvalue weighted by Crippen LogP contribution is -2.14. The van der Waals surface area contributed by atoms with Crippen LogP contribution >= 0.6 is 0 Å². The van der Waals surface area contributed by atoms with Gasteiger partial charge in [0.1, 0.15) is 5.82 Å². The lowest BCUT2D eigenvalue weighted by Gasteiger charge is -2.13. The van der Waals surface area contributed by atoms with Crippen LogP contribution in [-0.4, -0.2) is 16.3 Å². The molecule has 0 aliphatic rings. The molecule has 0 aliphatic carbocycles. The minimum Gasteiger partial charge on any atom is -0.370 e. The highest BCUT2D eigenvalue weighted by Gasteiger charge is 2.04. The molecule has 92 valence electrons. The fourth-order valence-corrected chi connectivity index (χ4v) is 1.84. The number of aryl methyl sites for hydroxylation is 1. The SMILES string of the molecule is CCCCn1nccc1NCC(C)CCC. The van der Waals surface area contributed by atoms with Gasteiger partial charge in [-0.25, -0.2) is 4.68 Å². The van der Waals surface area contributed by atoms with Crippen LogP contribution in [0.1, 0.15) is 46.5 Å². The van der Waals surface area contributed by atoms with Gasteiger partial charge in [0.15, 0.2) is 0 Å². The summed E-state index contributed by atoms with van der Waals surface area (Å²) in [7, 11) is 0. The first-order valence-corrected chi connectivity index (χ1v) is 6.53. The topological polar surface area (TPSA) is 29.9 Å². The number of unbranched alkanes of at least 4 members (excludes halogenated alkanes) is 1. The first-order chi connectivity index (χ1) is 7.77. The van der Waals surface area contributed by atoms with Crippen molar-refractivity contribution in [3.63, 3.8) is 0 Å². The third kappa shape index (κ3) is 4.25. The Morgan fingerprint density at radius 2 is 2.19 bits per heavy atom. The van der Waals surface area contributed by atoms with E-state index < -0.39 is 0 Å². The maximum Gasteiger partial charge on any atom is 0.124 e. The number of hydrogen-bond donors (Lipinski definition) is 1. The van der Waals surface area contributed by atoms with Gasteiger partial charge in [0.05, 0.1) is 6.20 Å². The van der Waals surface area contributed by atoms with E-state index in [0.29, 0.717) is 0 Å². The Bertz CT molecular complexity index is 280. The van der Waals surface area contributed by atoms with Crippen molar-refractivity contribution in [2.75, 3.05) is 11.9 Å². The largest absolute Gasteiger partial charge is 0.370 e. The number of nitrogens with one attached hydrogen (secondary N) is 1. The van der Waals surface area contributed by atoms with Gasteiger partial charge in [-0.1, -0.05) is 33.6 Å². The highest BCUT2D eigenvalue weighted by molar-refractivity contribution is 5.33. The molecule has 0 aromatic carbocycles. The van der Waals surface area contributed by atoms with Gasteiger partial charge in [-0.15, -0.1) is 0 Å². The molecule has 1 aromatic rings. The van der Waals surface area contributed by atoms with Gasteiger partial charge < -0.3 is 5.32 Å². The maximum atomic E-state index is 4.33. The van der Waals surface area contributed by atoms with E-state index in [0.717, 1.165) is 24.8 Å². The highest BCUT2D eigenvalue weighted by Crippen LogP contribution is 2.10. The third-order valence-corrected chi connectivity index (χ3v) is 2.85. The summed E-state index contributed by atoms with van der Waals surface area (Å²) in [6.07, 6.45) is 6.84. The normalized spacial score (nSPS) is 12.7. The molecule has 1 heterocycles. The predicted octanol–water partition coefficient (Wildman–Crippen LogP) is 3.53. The van der Waals surface area contributed by atoms with E-state index in [1.165, 1.54) is 25.7 Å². The van der Waals surface area contributed by atoms with Crippen LogP contribution in [0.25, 0.3) is 0 Å². The zero-order valence-electron chi connectivity index (χ0n) is 10.9. The van der Waals surface area contributed by atoms with Gasteiger partial charge in [-0.3, -0.25) is 0 Å². The number of nitrogens with zero attached hydrogens (tertiary/aromatic N) is 2. The molecule has 0 amide bonds. The Balaban J connectivity index is 2.37. The zero-order valence-corrected chi connectivity index (χ0v) is 10.9. The molecule has 16 heavy (non-hydrogen) atoms. The van der Waals surface area contributed by atoms with Crippen LogP contribution in [0.2, 0.25) is 0 Å². The molecule has 0 spiro atoms. The van der Waals surface area contributed by atoms with Crippen molar-refractivity contribution < 1.29 is 0 Å². The Hall–Kier alpha value is -0.990. The quantitative estimate of drug-likeness (QED) is 0.730. The van der Waals surface area contributed by atoms with Crippen LogP contribution in [0.4, 0.5) is 5.82 Å². The molecule has 0 radical (unpaired) electrons. The van der Waals surface area contributed by atoms with Crippen LogP contribution in [0.5, 0.6) is 0 Å². The average Bonchev–Trinajstić information content (AvgIpc) is 2.71. The summed E-state index contributed by atoms with van der Waals surface area (Å²) >= 11 is 0. The van der Waals surface area contributed by atoms with Crippen LogP contribution in [0, 0.1) is 5.92 Å². The fraction of sp³-hybridized carbons (Fsp3) is 0.769. The molecule has 0 fully saturated rings. The lowest BCUT2D eigenvalue weighted by molar-refractivity contribution is 0.539. The summed E-state index contributed by atoms with van der Waals surface area (Å²) in [5.41, 5.74) is 0. The van der Waals surface area contributed by atoms with Crippen molar-refractivity contribution in [3.8, 4) is 0 Å². The van der Waals surface area contributed by atoms with Crippen molar-refractivity contribution in [2.24, 2.45) is 5.92 Å². The number of anilines is 1. The van der Waals surface area contributed by atoms with E-state index in [2.05, 4.69) is 41.9 Å². The van der Waals surface area contributed by atoms with Crippen molar-refractivity contribution in [1.29, 1.82) is 0 Å². The van der Waals surface area contributed by atoms with Gasteiger partial charge in [-0.05, 0) is 18.8 Å². The second kappa shape index (κ2) is 7.31. The summed E-state index contributed by atoms with van der Waals surface area (Å²) in [4.78, 5) is 0. The molecule has 3 heteroatoms. The van der Waals surface area contributed by atoms with Crippen LogP contribution in [0.3, 0.4) is 0 Å². The lowest BCUT2D eigenvalue weighted by atomic mass is 10.1. The maximum absolute atomic E-state index is 4.33. The van der Waals surface area contributed by atoms with Gasteiger partial charge in [-0.2, -0.15) is 5.10 Å². The van der Waals surface area contributed by atoms with Gasteiger partial charge in [0.2, 0.25) is 0 Å². The van der Waals surface area contributed by atoms with Crippen molar-refractivity contribution in [1.82, 2.24) is 9.78 Å². The Labute approximate surface area is 99.2 Å². The third-order valence-electron chi connectivity index (χ3n) is 2.85. The van der Waals surface area contributed by atoms with Gasteiger partial charge in [0.25, 0.3) is 0 Å². The van der Waals surface area contributed by atoms with Crippen LogP contribution in [0.15, 0.2) is 12.3 Å². The minimum atomic E-state index is 0.736. The molecule has 1 unspecified atom stereocenters. The molecular weight excluding hydrogens is 198 g/mol. The van der Waals surface area contributed by atoms with E-state index in [9.17, 15) is 0 Å². The second-order valence-corrected chi connectivity index (χ2v) is 4.57. The van der Waals surface area contributed by atoms with Crippen LogP contribution < -0.4 is 5.32 Å². The zero-order chi connectivity index (χ0) is 11.8. The minimum absolute atomic E-state index is 0.736. The molecular formula is C13H25N3. The summed E-state index contributed by atoms with van der Waals surface area (Å²) in [6, 6.07) is 2.06. The number of hydrogen-bond acceptors (Lipinski definition) is 2. The molecule has 0 bridgehead atoms. The van der Waals surface area contributed by atoms with Crippen molar-refractivity contribution >= 4 is 5.82 Å². The van der Waals surface area contributed by atoms with E-state index in [1.807, 2.05) is 6.20 Å². The molecule has 0 aliphatic heterocycles. The standard InChI is InChI=1S/C13H25N3/c1-4-6-10-16-13(8-9-15-16)14-11-12(3)7-5-2/h8-9,12,14H,4-7,10-11H2,1-3H3. The molecule has 1 N–H and O–H groups in total. The second-order valence-electron chi connectivity index (χ2n) is 4.57. The smallest absolute Gasteiger partial charge is 0.124 e. The fourth-order valence-electron chi connectivity index (χ4n) is 1.84. The predicted molar refractivity (Wildman–Crippen MR) is 69.7 cm³/mol. The Morgan fingerprint density at radius 3 is 2.88 bits per heavy atom. The van der Waals surface area contributed by atoms with Gasteiger partial charge >= 0.3 is 0 Å². The Kier molecular flexibility index (Phi) is 5.98. The molecule has 0 saturated carbocycles. The van der Waals surface area contributed by atoms with E-state index in [1.54, 1.807) is 0 Å². The summed E-state index contributed by atoms with van der Waals surface area (Å²) in [6.45, 7) is 8.81. The van der Waals surface area contributed by atoms with E-state index in [4.69, 9.17) is 0 Å². The van der Waals surface area contributed by atoms with Crippen molar-refractivity contribution in [2.45, 2.75) is 53.0 Å².